The Balaban J connectivity index is 0.00000134. The van der Waals surface area contributed by atoms with Crippen molar-refractivity contribution in [1.82, 2.24) is 4.90 Å². The van der Waals surface area contributed by atoms with E-state index in [0.717, 1.165) is 33.7 Å². The third kappa shape index (κ3) is 9.49. The molecular weight excluding hydrogens is 496 g/mol. The van der Waals surface area contributed by atoms with Gasteiger partial charge in [0, 0.05) is 17.7 Å². The number of aliphatic imine (C=N–C) groups is 1. The number of allylic oxidation sites excluding steroid dienone is 1. The van der Waals surface area contributed by atoms with Gasteiger partial charge in [0.05, 0.1) is 24.6 Å². The molecule has 3 aromatic rings. The van der Waals surface area contributed by atoms with E-state index in [1.807, 2.05) is 103 Å². The molecule has 40 heavy (non-hydrogen) atoms. The maximum atomic E-state index is 12.6. The number of amides is 1. The van der Waals surface area contributed by atoms with Crippen molar-refractivity contribution in [3.05, 3.63) is 114 Å². The van der Waals surface area contributed by atoms with Crippen LogP contribution >= 0.6 is 0 Å². The van der Waals surface area contributed by atoms with Crippen LogP contribution in [-0.2, 0) is 15.9 Å². The second kappa shape index (κ2) is 16.4. The van der Waals surface area contributed by atoms with Gasteiger partial charge in [-0.05, 0) is 44.4 Å². The Kier molecular flexibility index (Phi) is 13.3. The second-order valence-corrected chi connectivity index (χ2v) is 9.86. The number of benzene rings is 3. The van der Waals surface area contributed by atoms with Crippen LogP contribution in [0.1, 0.15) is 76.8 Å². The van der Waals surface area contributed by atoms with E-state index in [4.69, 9.17) is 14.5 Å². The van der Waals surface area contributed by atoms with Gasteiger partial charge in [-0.3, -0.25) is 0 Å². The van der Waals surface area contributed by atoms with Crippen LogP contribution in [0.5, 0.6) is 0 Å². The van der Waals surface area contributed by atoms with Crippen LogP contribution in [0, 0.1) is 0 Å². The molecule has 0 saturated carbocycles. The van der Waals surface area contributed by atoms with Gasteiger partial charge in [-0.25, -0.2) is 9.79 Å². The molecule has 0 radical (unpaired) electrons. The van der Waals surface area contributed by atoms with Crippen LogP contribution < -0.4 is 0 Å². The molecule has 1 unspecified atom stereocenters. The zero-order valence-corrected chi connectivity index (χ0v) is 25.3. The van der Waals surface area contributed by atoms with Crippen molar-refractivity contribution >= 4 is 17.5 Å². The molecule has 5 heteroatoms. The van der Waals surface area contributed by atoms with Crippen molar-refractivity contribution in [3.8, 4) is 0 Å². The minimum absolute atomic E-state index is 0.226. The van der Waals surface area contributed by atoms with E-state index in [-0.39, 0.29) is 12.2 Å². The predicted molar refractivity (Wildman–Crippen MR) is 168 cm³/mol. The molecule has 0 bridgehead atoms. The van der Waals surface area contributed by atoms with Crippen LogP contribution in [0.15, 0.2) is 96.5 Å². The van der Waals surface area contributed by atoms with Crippen molar-refractivity contribution in [2.24, 2.45) is 4.99 Å². The fourth-order valence-electron chi connectivity index (χ4n) is 4.19. The molecule has 1 aliphatic rings. The molecule has 1 aliphatic heterocycles. The Morgan fingerprint density at radius 3 is 2.08 bits per heavy atom. The molecule has 214 valence electrons. The zero-order valence-electron chi connectivity index (χ0n) is 25.3. The van der Waals surface area contributed by atoms with Crippen LogP contribution in [0.25, 0.3) is 0 Å². The summed E-state index contributed by atoms with van der Waals surface area (Å²) in [6.07, 6.45) is 2.03. The lowest BCUT2D eigenvalue weighted by Gasteiger charge is -2.34. The highest BCUT2D eigenvalue weighted by Gasteiger charge is 2.29. The summed E-state index contributed by atoms with van der Waals surface area (Å²) in [7, 11) is 0. The van der Waals surface area contributed by atoms with E-state index in [1.165, 1.54) is 0 Å². The number of morpholine rings is 1. The van der Waals surface area contributed by atoms with E-state index in [0.29, 0.717) is 26.1 Å². The molecule has 1 saturated heterocycles. The molecule has 4 rings (SSSR count). The lowest BCUT2D eigenvalue weighted by molar-refractivity contribution is -0.0433. The van der Waals surface area contributed by atoms with Crippen molar-refractivity contribution in [1.29, 1.82) is 0 Å². The number of ether oxygens (including phenoxy) is 2. The first-order chi connectivity index (χ1) is 19.3. The van der Waals surface area contributed by atoms with Gasteiger partial charge in [0.1, 0.15) is 11.7 Å². The second-order valence-electron chi connectivity index (χ2n) is 9.86. The van der Waals surface area contributed by atoms with E-state index in [1.54, 1.807) is 4.90 Å². The third-order valence-electron chi connectivity index (χ3n) is 5.88. The number of hydrogen-bond acceptors (Lipinski definition) is 4. The van der Waals surface area contributed by atoms with E-state index < -0.39 is 5.60 Å². The summed E-state index contributed by atoms with van der Waals surface area (Å²) in [5.41, 5.74) is 5.46. The molecule has 1 heterocycles. The Morgan fingerprint density at radius 1 is 0.975 bits per heavy atom. The summed E-state index contributed by atoms with van der Waals surface area (Å²) in [4.78, 5) is 19.5. The van der Waals surface area contributed by atoms with Gasteiger partial charge in [-0.2, -0.15) is 0 Å². The Bertz CT molecular complexity index is 1170. The number of carbonyl (C=O) groups excluding carboxylic acids is 1. The van der Waals surface area contributed by atoms with Gasteiger partial charge in [0.15, 0.2) is 0 Å². The lowest BCUT2D eigenvalue weighted by Crippen LogP contribution is -2.44. The highest BCUT2D eigenvalue weighted by Crippen LogP contribution is 2.30. The molecule has 0 N–H and O–H groups in total. The van der Waals surface area contributed by atoms with Gasteiger partial charge in [-0.1, -0.05) is 107 Å². The van der Waals surface area contributed by atoms with Crippen LogP contribution in [0.4, 0.5) is 10.5 Å². The largest absolute Gasteiger partial charge is 0.444 e. The molecule has 1 amide bonds. The molecule has 0 aromatic heterocycles. The molecule has 1 atom stereocenters. The van der Waals surface area contributed by atoms with Crippen LogP contribution in [0.2, 0.25) is 0 Å². The summed E-state index contributed by atoms with van der Waals surface area (Å²) < 4.78 is 11.6. The minimum Gasteiger partial charge on any atom is -0.444 e. The molecule has 5 nitrogen and oxygen atoms in total. The van der Waals surface area contributed by atoms with Gasteiger partial charge < -0.3 is 14.4 Å². The van der Waals surface area contributed by atoms with Gasteiger partial charge in [0.25, 0.3) is 0 Å². The summed E-state index contributed by atoms with van der Waals surface area (Å²) in [5, 5.41) is 0. The number of nitrogens with zero attached hydrogens (tertiary/aromatic N) is 2. The van der Waals surface area contributed by atoms with Gasteiger partial charge in [-0.15, -0.1) is 6.58 Å². The summed E-state index contributed by atoms with van der Waals surface area (Å²) in [6.45, 7) is 19.0. The zero-order chi connectivity index (χ0) is 29.5. The Hall–Kier alpha value is -3.70. The molecule has 0 spiro atoms. The van der Waals surface area contributed by atoms with E-state index in [2.05, 4.69) is 36.9 Å². The molecule has 0 aliphatic carbocycles. The smallest absolute Gasteiger partial charge is 0.410 e. The normalized spacial score (nSPS) is 14.5. The first-order valence-electron chi connectivity index (χ1n) is 14.4. The molecular formula is C35H46N2O3. The van der Waals surface area contributed by atoms with E-state index in [9.17, 15) is 4.79 Å². The van der Waals surface area contributed by atoms with Crippen molar-refractivity contribution in [3.63, 3.8) is 0 Å². The quantitative estimate of drug-likeness (QED) is 0.231. The highest BCUT2D eigenvalue weighted by atomic mass is 16.6. The maximum absolute atomic E-state index is 12.6. The van der Waals surface area contributed by atoms with Crippen molar-refractivity contribution < 1.29 is 14.3 Å². The Labute approximate surface area is 241 Å². The third-order valence-corrected chi connectivity index (χ3v) is 5.88. The van der Waals surface area contributed by atoms with Crippen LogP contribution in [0.3, 0.4) is 0 Å². The first kappa shape index (κ1) is 32.5. The van der Waals surface area contributed by atoms with Crippen LogP contribution in [-0.4, -0.2) is 42.0 Å². The average molecular weight is 543 g/mol. The maximum Gasteiger partial charge on any atom is 0.410 e. The molecule has 1 fully saturated rings. The number of rotatable bonds is 6. The molecule has 3 aromatic carbocycles. The summed E-state index contributed by atoms with van der Waals surface area (Å²) in [6, 6.07) is 26.6. The monoisotopic (exact) mass is 542 g/mol. The number of carbonyl (C=O) groups is 1. The van der Waals surface area contributed by atoms with Gasteiger partial charge >= 0.3 is 6.09 Å². The predicted octanol–water partition coefficient (Wildman–Crippen LogP) is 8.95. The average Bonchev–Trinajstić information content (AvgIpc) is 2.99. The fourth-order valence-corrected chi connectivity index (χ4v) is 4.19. The van der Waals surface area contributed by atoms with E-state index >= 15 is 0 Å². The van der Waals surface area contributed by atoms with Gasteiger partial charge in [0.2, 0.25) is 0 Å². The summed E-state index contributed by atoms with van der Waals surface area (Å²) >= 11 is 0. The van der Waals surface area contributed by atoms with Crippen molar-refractivity contribution in [2.45, 2.75) is 66.6 Å². The first-order valence-corrected chi connectivity index (χ1v) is 14.4. The fraction of sp³-hybridized carbons (Fsp3) is 0.371. The topological polar surface area (TPSA) is 51.1 Å². The standard InChI is InChI=1S/C31H34N2O3.2C2H6/c1-5-12-25-21-26(28-22-33(19-20-35-28)30(34)36-31(2,3)4)17-18-27(25)32-29(23-13-8-6-9-14-23)24-15-10-7-11-16-24;2*1-2/h5-11,13-18,21,28H,1,12,19-20,22H2,2-4H3;2*1-2H3. The highest BCUT2D eigenvalue weighted by molar-refractivity contribution is 6.14. The SMILES string of the molecule is C=CCc1cc(C2CN(C(=O)OC(C)(C)C)CCO2)ccc1N=C(c1ccccc1)c1ccccc1.CC.CC. The number of hydrogen-bond donors (Lipinski definition) is 0. The minimum atomic E-state index is -0.531. The van der Waals surface area contributed by atoms with Crippen molar-refractivity contribution in [2.75, 3.05) is 19.7 Å². The Morgan fingerprint density at radius 2 is 1.55 bits per heavy atom. The lowest BCUT2D eigenvalue weighted by atomic mass is 9.99. The summed E-state index contributed by atoms with van der Waals surface area (Å²) in [5.74, 6) is 0.